The molecule has 1 saturated heterocycles. The van der Waals surface area contributed by atoms with E-state index in [1.807, 2.05) is 0 Å². The molecule has 0 aromatic carbocycles. The predicted molar refractivity (Wildman–Crippen MR) is 66.7 cm³/mol. The number of aromatic amines is 1. The van der Waals surface area contributed by atoms with E-state index in [2.05, 4.69) is 9.97 Å². The molecule has 1 aromatic heterocycles. The van der Waals surface area contributed by atoms with Crippen LogP contribution in [0.5, 0.6) is 0 Å². The lowest BCUT2D eigenvalue weighted by Gasteiger charge is -2.32. The second-order valence-corrected chi connectivity index (χ2v) is 4.40. The first-order valence-corrected chi connectivity index (χ1v) is 6.06. The highest BCUT2D eigenvalue weighted by atomic mass is 16.5. The van der Waals surface area contributed by atoms with Crippen LogP contribution in [0.4, 0.5) is 0 Å². The van der Waals surface area contributed by atoms with Crippen molar-refractivity contribution in [1.29, 1.82) is 0 Å². The summed E-state index contributed by atoms with van der Waals surface area (Å²) in [6.45, 7) is 3.10. The molecule has 1 atom stereocenters. The zero-order valence-corrected chi connectivity index (χ0v) is 11.0. The average molecular weight is 267 g/mol. The minimum absolute atomic E-state index is 0.0461. The summed E-state index contributed by atoms with van der Waals surface area (Å²) >= 11 is 0. The number of methoxy groups -OCH3 is 1. The van der Waals surface area contributed by atoms with Gasteiger partial charge in [0.05, 0.1) is 13.2 Å². The molecule has 7 heteroatoms. The van der Waals surface area contributed by atoms with Crippen LogP contribution >= 0.6 is 0 Å². The number of H-pyrrole nitrogens is 1. The smallest absolute Gasteiger partial charge is 0.251 e. The van der Waals surface area contributed by atoms with E-state index in [9.17, 15) is 9.59 Å². The molecule has 0 bridgehead atoms. The molecule has 1 aliphatic rings. The van der Waals surface area contributed by atoms with Crippen LogP contribution in [0.25, 0.3) is 0 Å². The zero-order valence-electron chi connectivity index (χ0n) is 11.0. The monoisotopic (exact) mass is 267 g/mol. The van der Waals surface area contributed by atoms with Crippen LogP contribution < -0.4 is 5.56 Å². The lowest BCUT2D eigenvalue weighted by molar-refractivity contribution is -0.143. The lowest BCUT2D eigenvalue weighted by atomic mass is 10.2. The number of hydrogen-bond acceptors (Lipinski definition) is 5. The first-order valence-electron chi connectivity index (χ1n) is 6.06. The number of nitrogens with zero attached hydrogens (tertiary/aromatic N) is 2. The van der Waals surface area contributed by atoms with Crippen molar-refractivity contribution in [2.24, 2.45) is 0 Å². The molecule has 7 nitrogen and oxygen atoms in total. The Morgan fingerprint density at radius 1 is 1.68 bits per heavy atom. The van der Waals surface area contributed by atoms with Crippen LogP contribution in [-0.4, -0.2) is 54.2 Å². The van der Waals surface area contributed by atoms with Gasteiger partial charge in [-0.2, -0.15) is 0 Å². The minimum Gasteiger partial charge on any atom is -0.375 e. The summed E-state index contributed by atoms with van der Waals surface area (Å²) in [5, 5.41) is 0. The molecule has 0 radical (unpaired) electrons. The molecule has 104 valence electrons. The number of aryl methyl sites for hydroxylation is 1. The summed E-state index contributed by atoms with van der Waals surface area (Å²) in [5.74, 6) is 0.366. The maximum atomic E-state index is 11.8. The van der Waals surface area contributed by atoms with Crippen LogP contribution in [0.15, 0.2) is 10.9 Å². The summed E-state index contributed by atoms with van der Waals surface area (Å²) in [6, 6.07) is 1.42. The van der Waals surface area contributed by atoms with E-state index >= 15 is 0 Å². The van der Waals surface area contributed by atoms with Crippen LogP contribution in [0.3, 0.4) is 0 Å². The van der Waals surface area contributed by atoms with Gasteiger partial charge in [-0.05, 0) is 6.92 Å². The van der Waals surface area contributed by atoms with Crippen molar-refractivity contribution in [3.05, 3.63) is 27.9 Å². The molecule has 0 unspecified atom stereocenters. The Bertz CT molecular complexity index is 514. The Balaban J connectivity index is 2.12. The first kappa shape index (κ1) is 13.7. The fourth-order valence-corrected chi connectivity index (χ4v) is 2.01. The third-order valence-electron chi connectivity index (χ3n) is 2.88. The molecule has 0 saturated carbocycles. The molecule has 19 heavy (non-hydrogen) atoms. The fraction of sp³-hybridized carbons (Fsp3) is 0.583. The van der Waals surface area contributed by atoms with Gasteiger partial charge in [-0.3, -0.25) is 9.59 Å². The summed E-state index contributed by atoms with van der Waals surface area (Å²) in [6.07, 6.45) is -0.401. The van der Waals surface area contributed by atoms with Crippen molar-refractivity contribution in [2.75, 3.05) is 33.4 Å². The Kier molecular flexibility index (Phi) is 4.28. The molecule has 0 spiro atoms. The van der Waals surface area contributed by atoms with E-state index in [0.717, 1.165) is 0 Å². The number of rotatable bonds is 3. The van der Waals surface area contributed by atoms with E-state index in [1.165, 1.54) is 13.2 Å². The fourth-order valence-electron chi connectivity index (χ4n) is 2.01. The van der Waals surface area contributed by atoms with Crippen molar-refractivity contribution in [1.82, 2.24) is 14.9 Å². The average Bonchev–Trinajstić information content (AvgIpc) is 2.38. The van der Waals surface area contributed by atoms with Crippen molar-refractivity contribution in [3.8, 4) is 0 Å². The standard InChI is InChI=1S/C12H17N3O4/c1-8-5-10(16)14-12(13-8)9-6-15(3-4-19-9)11(17)7-18-2/h5,9H,3-4,6-7H2,1-2H3,(H,13,14,16)/t9-/m0/s1. The largest absolute Gasteiger partial charge is 0.375 e. The highest BCUT2D eigenvalue weighted by Crippen LogP contribution is 2.18. The number of aromatic nitrogens is 2. The predicted octanol–water partition coefficient (Wildman–Crippen LogP) is -0.375. The molecule has 1 aromatic rings. The Labute approximate surface area is 110 Å². The normalized spacial score (nSPS) is 19.5. The highest BCUT2D eigenvalue weighted by molar-refractivity contribution is 5.77. The van der Waals surface area contributed by atoms with Crippen molar-refractivity contribution in [2.45, 2.75) is 13.0 Å². The van der Waals surface area contributed by atoms with E-state index in [4.69, 9.17) is 9.47 Å². The lowest BCUT2D eigenvalue weighted by Crippen LogP contribution is -2.44. The molecular formula is C12H17N3O4. The third kappa shape index (κ3) is 3.39. The summed E-state index contributed by atoms with van der Waals surface area (Å²) in [7, 11) is 1.48. The number of nitrogens with one attached hydrogen (secondary N) is 1. The third-order valence-corrected chi connectivity index (χ3v) is 2.88. The number of amides is 1. The second kappa shape index (κ2) is 5.94. The Morgan fingerprint density at radius 2 is 2.47 bits per heavy atom. The summed E-state index contributed by atoms with van der Waals surface area (Å²) < 4.78 is 10.4. The SMILES string of the molecule is COCC(=O)N1CCO[C@H](c2nc(C)cc(=O)[nH]2)C1. The van der Waals surface area contributed by atoms with Crippen LogP contribution in [0, 0.1) is 6.92 Å². The molecule has 1 amide bonds. The van der Waals surface area contributed by atoms with Gasteiger partial charge in [0.15, 0.2) is 0 Å². The number of morpholine rings is 1. The van der Waals surface area contributed by atoms with E-state index in [0.29, 0.717) is 31.2 Å². The highest BCUT2D eigenvalue weighted by Gasteiger charge is 2.26. The molecule has 1 N–H and O–H groups in total. The summed E-state index contributed by atoms with van der Waals surface area (Å²) in [4.78, 5) is 31.7. The van der Waals surface area contributed by atoms with Gasteiger partial charge >= 0.3 is 0 Å². The number of carbonyl (C=O) groups excluding carboxylic acids is 1. The number of hydrogen-bond donors (Lipinski definition) is 1. The van der Waals surface area contributed by atoms with Crippen molar-refractivity contribution < 1.29 is 14.3 Å². The Morgan fingerprint density at radius 3 is 3.16 bits per heavy atom. The van der Waals surface area contributed by atoms with Gasteiger partial charge in [0.2, 0.25) is 5.91 Å². The zero-order chi connectivity index (χ0) is 13.8. The molecule has 2 heterocycles. The van der Waals surface area contributed by atoms with Crippen LogP contribution in [0.2, 0.25) is 0 Å². The molecule has 0 aliphatic carbocycles. The number of carbonyl (C=O) groups is 1. The van der Waals surface area contributed by atoms with Crippen LogP contribution in [-0.2, 0) is 14.3 Å². The van der Waals surface area contributed by atoms with Gasteiger partial charge in [-0.1, -0.05) is 0 Å². The summed E-state index contributed by atoms with van der Waals surface area (Å²) in [5.41, 5.74) is 0.411. The minimum atomic E-state index is -0.401. The van der Waals surface area contributed by atoms with Gasteiger partial charge in [-0.15, -0.1) is 0 Å². The molecule has 1 fully saturated rings. The van der Waals surface area contributed by atoms with Gasteiger partial charge in [0.1, 0.15) is 18.5 Å². The van der Waals surface area contributed by atoms with Gasteiger partial charge < -0.3 is 19.4 Å². The Hall–Kier alpha value is -1.73. The molecule has 2 rings (SSSR count). The molecule has 1 aliphatic heterocycles. The maximum absolute atomic E-state index is 11.8. The van der Waals surface area contributed by atoms with E-state index in [-0.39, 0.29) is 18.1 Å². The second-order valence-electron chi connectivity index (χ2n) is 4.40. The van der Waals surface area contributed by atoms with E-state index < -0.39 is 6.10 Å². The van der Waals surface area contributed by atoms with Crippen molar-refractivity contribution in [3.63, 3.8) is 0 Å². The van der Waals surface area contributed by atoms with Gasteiger partial charge in [0, 0.05) is 25.4 Å². The first-order chi connectivity index (χ1) is 9.10. The number of ether oxygens (including phenoxy) is 2. The maximum Gasteiger partial charge on any atom is 0.251 e. The van der Waals surface area contributed by atoms with E-state index in [1.54, 1.807) is 11.8 Å². The molecular weight excluding hydrogens is 250 g/mol. The van der Waals surface area contributed by atoms with Gasteiger partial charge in [0.25, 0.3) is 5.56 Å². The topological polar surface area (TPSA) is 84.5 Å². The van der Waals surface area contributed by atoms with Crippen molar-refractivity contribution >= 4 is 5.91 Å². The van der Waals surface area contributed by atoms with Crippen LogP contribution in [0.1, 0.15) is 17.6 Å². The quantitative estimate of drug-likeness (QED) is 0.807. The van der Waals surface area contributed by atoms with Gasteiger partial charge in [-0.25, -0.2) is 4.98 Å².